The molecule has 0 amide bonds. The summed E-state index contributed by atoms with van der Waals surface area (Å²) in [4.78, 5) is 29.3. The summed E-state index contributed by atoms with van der Waals surface area (Å²) in [6, 6.07) is 9.65. The second kappa shape index (κ2) is 9.64. The lowest BCUT2D eigenvalue weighted by Gasteiger charge is -2.19. The number of fused-ring (bicyclic) bond motifs is 1. The molecule has 0 aliphatic heterocycles. The van der Waals surface area contributed by atoms with Crippen molar-refractivity contribution in [1.82, 2.24) is 19.5 Å². The maximum atomic E-state index is 12.7. The molecule has 0 atom stereocenters. The second-order valence-electron chi connectivity index (χ2n) is 6.72. The first kappa shape index (κ1) is 23.0. The lowest BCUT2D eigenvalue weighted by Crippen LogP contribution is -2.35. The zero-order valence-corrected chi connectivity index (χ0v) is 17.2. The summed E-state index contributed by atoms with van der Waals surface area (Å²) in [5.74, 6) is -0.877. The molecule has 0 fully saturated rings. The minimum absolute atomic E-state index is 0.145. The van der Waals surface area contributed by atoms with Gasteiger partial charge in [-0.15, -0.1) is 5.10 Å². The molecule has 170 valence electrons. The highest BCUT2D eigenvalue weighted by Crippen LogP contribution is 2.30. The first-order valence-corrected chi connectivity index (χ1v) is 9.34. The van der Waals surface area contributed by atoms with Crippen molar-refractivity contribution >= 4 is 29.2 Å². The molecule has 3 aromatic rings. The minimum Gasteiger partial charge on any atom is -0.468 e. The Hall–Kier alpha value is -3.67. The van der Waals surface area contributed by atoms with Gasteiger partial charge in [-0.25, -0.2) is 4.52 Å². The highest BCUT2D eigenvalue weighted by atomic mass is 19.4. The smallest absolute Gasteiger partial charge is 0.416 e. The summed E-state index contributed by atoms with van der Waals surface area (Å²) in [6.07, 6.45) is -4.42. The number of pyridine rings is 1. The van der Waals surface area contributed by atoms with E-state index in [0.717, 1.165) is 12.1 Å². The van der Waals surface area contributed by atoms with E-state index in [0.29, 0.717) is 17.0 Å². The number of hydrogen-bond acceptors (Lipinski definition) is 8. The average molecular weight is 451 g/mol. The Balaban J connectivity index is 1.82. The Morgan fingerprint density at radius 3 is 2.22 bits per heavy atom. The molecular formula is C20H20F3N5O4. The third-order valence-electron chi connectivity index (χ3n) is 4.45. The fraction of sp³-hybridized carbons (Fsp3) is 0.300. The van der Waals surface area contributed by atoms with Crippen molar-refractivity contribution < 1.29 is 32.2 Å². The molecule has 2 heterocycles. The van der Waals surface area contributed by atoms with Crippen molar-refractivity contribution in [3.05, 3.63) is 53.7 Å². The molecular weight excluding hydrogens is 431 g/mol. The van der Waals surface area contributed by atoms with Crippen LogP contribution >= 0.6 is 0 Å². The lowest BCUT2D eigenvalue weighted by atomic mass is 10.2. The van der Waals surface area contributed by atoms with Crippen LogP contribution in [0.4, 0.5) is 24.8 Å². The van der Waals surface area contributed by atoms with Crippen molar-refractivity contribution in [3.8, 4) is 0 Å². The number of nitrogens with one attached hydrogen (secondary N) is 1. The first-order valence-electron chi connectivity index (χ1n) is 9.34. The Morgan fingerprint density at radius 2 is 1.66 bits per heavy atom. The molecule has 32 heavy (non-hydrogen) atoms. The maximum absolute atomic E-state index is 12.7. The van der Waals surface area contributed by atoms with Crippen molar-refractivity contribution in [1.29, 1.82) is 0 Å². The van der Waals surface area contributed by atoms with E-state index in [4.69, 9.17) is 0 Å². The lowest BCUT2D eigenvalue weighted by molar-refractivity contribution is -0.146. The van der Waals surface area contributed by atoms with Gasteiger partial charge >= 0.3 is 18.1 Å². The molecule has 12 heteroatoms. The van der Waals surface area contributed by atoms with E-state index >= 15 is 0 Å². The topological polar surface area (TPSA) is 98.1 Å². The molecule has 9 nitrogen and oxygen atoms in total. The van der Waals surface area contributed by atoms with E-state index in [1.165, 1.54) is 35.8 Å². The monoisotopic (exact) mass is 451 g/mol. The number of aromatic nitrogens is 3. The van der Waals surface area contributed by atoms with Gasteiger partial charge in [-0.2, -0.15) is 18.2 Å². The number of nitrogens with zero attached hydrogens (tertiary/aromatic N) is 4. The van der Waals surface area contributed by atoms with Crippen LogP contribution < -0.4 is 5.32 Å². The molecule has 0 radical (unpaired) electrons. The van der Waals surface area contributed by atoms with E-state index in [2.05, 4.69) is 24.9 Å². The number of methoxy groups -OCH3 is 2. The number of hydrogen-bond donors (Lipinski definition) is 1. The van der Waals surface area contributed by atoms with Gasteiger partial charge in [0, 0.05) is 12.2 Å². The van der Waals surface area contributed by atoms with Gasteiger partial charge in [0.1, 0.15) is 0 Å². The van der Waals surface area contributed by atoms with Gasteiger partial charge < -0.3 is 14.8 Å². The molecule has 0 saturated heterocycles. The second-order valence-corrected chi connectivity index (χ2v) is 6.72. The number of ether oxygens (including phenoxy) is 2. The van der Waals surface area contributed by atoms with Gasteiger partial charge in [0.05, 0.1) is 38.6 Å². The van der Waals surface area contributed by atoms with Gasteiger partial charge in [-0.3, -0.25) is 14.5 Å². The van der Waals surface area contributed by atoms with E-state index in [-0.39, 0.29) is 25.6 Å². The summed E-state index contributed by atoms with van der Waals surface area (Å²) in [7, 11) is 2.49. The van der Waals surface area contributed by atoms with Gasteiger partial charge in [0.15, 0.2) is 5.65 Å². The molecule has 0 aliphatic carbocycles. The number of halogens is 3. The van der Waals surface area contributed by atoms with Gasteiger partial charge in [-0.1, -0.05) is 6.07 Å². The van der Waals surface area contributed by atoms with Crippen LogP contribution in [0.2, 0.25) is 0 Å². The average Bonchev–Trinajstić information content (AvgIpc) is 3.16. The van der Waals surface area contributed by atoms with Crippen LogP contribution in [0.3, 0.4) is 0 Å². The van der Waals surface area contributed by atoms with Crippen molar-refractivity contribution in [2.45, 2.75) is 12.7 Å². The van der Waals surface area contributed by atoms with E-state index in [1.54, 1.807) is 18.2 Å². The Bertz CT molecular complexity index is 1080. The quantitative estimate of drug-likeness (QED) is 0.522. The fourth-order valence-electron chi connectivity index (χ4n) is 2.89. The van der Waals surface area contributed by atoms with Gasteiger partial charge in [-0.05, 0) is 36.4 Å². The molecule has 1 N–H and O–H groups in total. The van der Waals surface area contributed by atoms with Crippen molar-refractivity contribution in [2.24, 2.45) is 0 Å². The first-order chi connectivity index (χ1) is 15.2. The zero-order valence-electron chi connectivity index (χ0n) is 17.2. The standard InChI is InChI=1S/C20H20F3N5O4/c1-31-17(29)11-27(12-18(30)32-2)10-15-4-3-5-16-25-19(26-28(15)16)24-14-8-6-13(7-9-14)20(21,22)23/h3-9H,10-12H2,1-2H3,(H,24,26). The normalized spacial score (nSPS) is 11.6. The van der Waals surface area contributed by atoms with E-state index in [9.17, 15) is 22.8 Å². The van der Waals surface area contributed by atoms with Crippen LogP contribution in [0.1, 0.15) is 11.3 Å². The third kappa shape index (κ3) is 5.72. The molecule has 0 spiro atoms. The summed E-state index contributed by atoms with van der Waals surface area (Å²) in [5, 5.41) is 7.21. The number of benzene rings is 1. The minimum atomic E-state index is -4.42. The molecule has 0 bridgehead atoms. The number of alkyl halides is 3. The van der Waals surface area contributed by atoms with Crippen LogP contribution in [0, 0.1) is 0 Å². The Morgan fingerprint density at radius 1 is 1.03 bits per heavy atom. The largest absolute Gasteiger partial charge is 0.468 e. The number of carbonyl (C=O) groups is 2. The third-order valence-corrected chi connectivity index (χ3v) is 4.45. The molecule has 3 rings (SSSR count). The number of anilines is 2. The molecule has 0 aliphatic rings. The van der Waals surface area contributed by atoms with Crippen LogP contribution in [0.25, 0.3) is 5.65 Å². The Labute approximate surface area is 180 Å². The van der Waals surface area contributed by atoms with Crippen LogP contribution in [0.15, 0.2) is 42.5 Å². The highest BCUT2D eigenvalue weighted by Gasteiger charge is 2.30. The molecule has 0 saturated carbocycles. The number of esters is 2. The summed E-state index contributed by atoms with van der Waals surface area (Å²) in [5.41, 5.74) is 0.703. The highest BCUT2D eigenvalue weighted by molar-refractivity contribution is 5.74. The van der Waals surface area contributed by atoms with Gasteiger partial charge in [0.25, 0.3) is 0 Å². The van der Waals surface area contributed by atoms with Crippen molar-refractivity contribution in [2.75, 3.05) is 32.6 Å². The van der Waals surface area contributed by atoms with Gasteiger partial charge in [0.2, 0.25) is 5.95 Å². The Kier molecular flexibility index (Phi) is 6.93. The maximum Gasteiger partial charge on any atom is 0.416 e. The predicted molar refractivity (Wildman–Crippen MR) is 107 cm³/mol. The summed E-state index contributed by atoms with van der Waals surface area (Å²) >= 11 is 0. The van der Waals surface area contributed by atoms with Crippen LogP contribution in [-0.4, -0.2) is 58.7 Å². The predicted octanol–water partition coefficient (Wildman–Crippen LogP) is 2.64. The summed E-state index contributed by atoms with van der Waals surface area (Å²) < 4.78 is 49.0. The number of rotatable bonds is 8. The van der Waals surface area contributed by atoms with Crippen molar-refractivity contribution in [3.63, 3.8) is 0 Å². The zero-order chi connectivity index (χ0) is 23.3. The van der Waals surface area contributed by atoms with Crippen LogP contribution in [0.5, 0.6) is 0 Å². The molecule has 2 aromatic heterocycles. The van der Waals surface area contributed by atoms with Crippen LogP contribution in [-0.2, 0) is 31.8 Å². The van der Waals surface area contributed by atoms with E-state index in [1.807, 2.05) is 0 Å². The fourth-order valence-corrected chi connectivity index (χ4v) is 2.89. The SMILES string of the molecule is COC(=O)CN(CC(=O)OC)Cc1cccc2nc(Nc3ccc(C(F)(F)F)cc3)nn12. The number of carbonyl (C=O) groups excluding carboxylic acids is 2. The van der Waals surface area contributed by atoms with E-state index < -0.39 is 23.7 Å². The summed E-state index contributed by atoms with van der Waals surface area (Å²) in [6.45, 7) is -0.134. The molecule has 0 unspecified atom stereocenters. The molecule has 1 aromatic carbocycles.